The molecule has 0 radical (unpaired) electrons. The Labute approximate surface area is 130 Å². The van der Waals surface area contributed by atoms with E-state index in [9.17, 15) is 0 Å². The maximum Gasteiger partial charge on any atom is 0.177 e. The quantitative estimate of drug-likeness (QED) is 0.692. The van der Waals surface area contributed by atoms with Crippen molar-refractivity contribution in [1.82, 2.24) is 15.0 Å². The third-order valence-electron chi connectivity index (χ3n) is 4.73. The summed E-state index contributed by atoms with van der Waals surface area (Å²) in [6, 6.07) is 19.0. The number of fused-ring (bicyclic) bond motifs is 1. The van der Waals surface area contributed by atoms with Gasteiger partial charge in [0.2, 0.25) is 0 Å². The lowest BCUT2D eigenvalue weighted by Crippen LogP contribution is -2.45. The summed E-state index contributed by atoms with van der Waals surface area (Å²) in [4.78, 5) is 0. The third kappa shape index (κ3) is 2.50. The fourth-order valence-electron chi connectivity index (χ4n) is 3.63. The molecule has 4 heteroatoms. The maximum atomic E-state index is 4.40. The van der Waals surface area contributed by atoms with Gasteiger partial charge in [-0.15, -0.1) is 5.10 Å². The minimum atomic E-state index is 0.912. The first-order valence-electron chi connectivity index (χ1n) is 8.02. The van der Waals surface area contributed by atoms with Crippen molar-refractivity contribution < 1.29 is 4.48 Å². The Balaban J connectivity index is 1.65. The predicted octanol–water partition coefficient (Wildman–Crippen LogP) is 3.20. The molecule has 1 saturated heterocycles. The first-order chi connectivity index (χ1) is 10.8. The molecule has 3 aromatic rings. The average Bonchev–Trinajstić information content (AvgIpc) is 3.17. The van der Waals surface area contributed by atoms with Gasteiger partial charge in [0.05, 0.1) is 18.6 Å². The van der Waals surface area contributed by atoms with Gasteiger partial charge in [-0.3, -0.25) is 0 Å². The normalized spacial score (nSPS) is 17.1. The molecule has 1 aliphatic rings. The number of quaternary nitrogens is 1. The average molecular weight is 293 g/mol. The minimum absolute atomic E-state index is 0.912. The van der Waals surface area contributed by atoms with E-state index in [2.05, 4.69) is 57.5 Å². The molecule has 2 heterocycles. The minimum Gasteiger partial charge on any atom is -0.301 e. The van der Waals surface area contributed by atoms with Gasteiger partial charge in [0.25, 0.3) is 0 Å². The van der Waals surface area contributed by atoms with E-state index < -0.39 is 0 Å². The molecule has 2 aromatic carbocycles. The van der Waals surface area contributed by atoms with Gasteiger partial charge >= 0.3 is 0 Å². The van der Waals surface area contributed by atoms with Crippen molar-refractivity contribution >= 4 is 11.0 Å². The summed E-state index contributed by atoms with van der Waals surface area (Å²) < 4.78 is 3.17. The number of aromatic nitrogens is 3. The van der Waals surface area contributed by atoms with Gasteiger partial charge in [-0.1, -0.05) is 47.7 Å². The first-order valence-corrected chi connectivity index (χ1v) is 8.02. The number of rotatable bonds is 4. The Morgan fingerprint density at radius 2 is 1.64 bits per heavy atom. The Bertz CT molecular complexity index is 757. The molecule has 1 aliphatic heterocycles. The van der Waals surface area contributed by atoms with Crippen LogP contribution in [0.4, 0.5) is 0 Å². The lowest BCUT2D eigenvalue weighted by molar-refractivity contribution is -0.951. The van der Waals surface area contributed by atoms with E-state index >= 15 is 0 Å². The van der Waals surface area contributed by atoms with Crippen molar-refractivity contribution in [2.75, 3.05) is 13.1 Å². The summed E-state index contributed by atoms with van der Waals surface area (Å²) in [5.41, 5.74) is 3.54. The number of likely N-dealkylation sites (tertiary alicyclic amines) is 1. The fraction of sp³-hybridized carbons (Fsp3) is 0.333. The molecule has 0 atom stereocenters. The van der Waals surface area contributed by atoms with E-state index in [1.165, 1.54) is 31.5 Å². The van der Waals surface area contributed by atoms with E-state index in [1.807, 2.05) is 12.1 Å². The van der Waals surface area contributed by atoms with Gasteiger partial charge in [-0.25, -0.2) is 0 Å². The molecule has 0 saturated carbocycles. The largest absolute Gasteiger partial charge is 0.301 e. The highest BCUT2D eigenvalue weighted by Gasteiger charge is 2.33. The van der Waals surface area contributed by atoms with Crippen molar-refractivity contribution in [1.29, 1.82) is 0 Å². The summed E-state index contributed by atoms with van der Waals surface area (Å²) in [5.74, 6) is 0. The van der Waals surface area contributed by atoms with Gasteiger partial charge in [0.15, 0.2) is 6.67 Å². The molecule has 0 spiro atoms. The number of nitrogens with zero attached hydrogens (tertiary/aromatic N) is 4. The highest BCUT2D eigenvalue weighted by molar-refractivity contribution is 5.73. The molecule has 112 valence electrons. The summed E-state index contributed by atoms with van der Waals surface area (Å²) in [7, 11) is 0. The Hall–Kier alpha value is -2.20. The SMILES string of the molecule is c1ccc(C[N+]2(Cn3nnc4ccccc43)CCCC2)cc1. The van der Waals surface area contributed by atoms with Crippen LogP contribution in [0, 0.1) is 0 Å². The zero-order chi connectivity index (χ0) is 14.8. The smallest absolute Gasteiger partial charge is 0.177 e. The monoisotopic (exact) mass is 293 g/mol. The lowest BCUT2D eigenvalue weighted by Gasteiger charge is -2.34. The van der Waals surface area contributed by atoms with Crippen LogP contribution in [0.2, 0.25) is 0 Å². The topological polar surface area (TPSA) is 30.7 Å². The van der Waals surface area contributed by atoms with Gasteiger partial charge in [0.1, 0.15) is 12.1 Å². The molecule has 22 heavy (non-hydrogen) atoms. The molecule has 0 unspecified atom stereocenters. The van der Waals surface area contributed by atoms with Crippen molar-refractivity contribution in [3.8, 4) is 0 Å². The van der Waals surface area contributed by atoms with Gasteiger partial charge in [-0.05, 0) is 12.1 Å². The van der Waals surface area contributed by atoms with Crippen LogP contribution in [-0.4, -0.2) is 32.6 Å². The van der Waals surface area contributed by atoms with Crippen LogP contribution >= 0.6 is 0 Å². The van der Waals surface area contributed by atoms with Crippen LogP contribution in [0.3, 0.4) is 0 Å². The zero-order valence-corrected chi connectivity index (χ0v) is 12.7. The van der Waals surface area contributed by atoms with Crippen LogP contribution in [0.25, 0.3) is 11.0 Å². The van der Waals surface area contributed by atoms with E-state index in [0.717, 1.165) is 28.7 Å². The van der Waals surface area contributed by atoms with Crippen molar-refractivity contribution in [3.63, 3.8) is 0 Å². The Morgan fingerprint density at radius 3 is 2.45 bits per heavy atom. The van der Waals surface area contributed by atoms with Crippen LogP contribution in [0.1, 0.15) is 18.4 Å². The van der Waals surface area contributed by atoms with E-state index in [0.29, 0.717) is 0 Å². The molecule has 4 nitrogen and oxygen atoms in total. The van der Waals surface area contributed by atoms with Crippen molar-refractivity contribution in [2.24, 2.45) is 0 Å². The van der Waals surface area contributed by atoms with Gasteiger partial charge in [0, 0.05) is 18.4 Å². The molecule has 0 N–H and O–H groups in total. The Kier molecular flexibility index (Phi) is 3.39. The third-order valence-corrected chi connectivity index (χ3v) is 4.73. The van der Waals surface area contributed by atoms with Crippen LogP contribution in [0.15, 0.2) is 54.6 Å². The second-order valence-corrected chi connectivity index (χ2v) is 6.36. The second-order valence-electron chi connectivity index (χ2n) is 6.36. The molecule has 0 amide bonds. The van der Waals surface area contributed by atoms with E-state index in [-0.39, 0.29) is 0 Å². The summed E-state index contributed by atoms with van der Waals surface area (Å²) in [6.45, 7) is 4.44. The molecule has 0 aliphatic carbocycles. The number of hydrogen-bond acceptors (Lipinski definition) is 2. The highest BCUT2D eigenvalue weighted by Crippen LogP contribution is 2.25. The van der Waals surface area contributed by atoms with Gasteiger partial charge in [-0.2, -0.15) is 4.68 Å². The molecular weight excluding hydrogens is 272 g/mol. The van der Waals surface area contributed by atoms with Crippen LogP contribution in [-0.2, 0) is 13.2 Å². The number of benzene rings is 2. The Morgan fingerprint density at radius 1 is 0.909 bits per heavy atom. The summed E-state index contributed by atoms with van der Waals surface area (Å²) in [6.07, 6.45) is 2.61. The highest BCUT2D eigenvalue weighted by atomic mass is 15.5. The summed E-state index contributed by atoms with van der Waals surface area (Å²) >= 11 is 0. The second kappa shape index (κ2) is 5.54. The van der Waals surface area contributed by atoms with Crippen molar-refractivity contribution in [2.45, 2.75) is 26.1 Å². The molecule has 1 aromatic heterocycles. The van der Waals surface area contributed by atoms with E-state index in [4.69, 9.17) is 0 Å². The fourth-order valence-corrected chi connectivity index (χ4v) is 3.63. The lowest BCUT2D eigenvalue weighted by atomic mass is 10.2. The molecular formula is C18H21N4+. The van der Waals surface area contributed by atoms with Crippen molar-refractivity contribution in [3.05, 3.63) is 60.2 Å². The van der Waals surface area contributed by atoms with Gasteiger partial charge < -0.3 is 4.48 Å². The standard InChI is InChI=1S/C18H21N4/c1-2-8-16(9-3-1)14-22(12-6-7-13-22)15-21-18-11-5-4-10-17(18)19-20-21/h1-5,8-11H,6-7,12-15H2/q+1. The maximum absolute atomic E-state index is 4.40. The molecule has 0 bridgehead atoms. The number of para-hydroxylation sites is 1. The van der Waals surface area contributed by atoms with Crippen LogP contribution < -0.4 is 0 Å². The summed E-state index contributed by atoms with van der Waals surface area (Å²) in [5, 5.41) is 8.70. The number of hydrogen-bond donors (Lipinski definition) is 0. The first kappa shape index (κ1) is 13.5. The zero-order valence-electron chi connectivity index (χ0n) is 12.7. The molecule has 4 rings (SSSR count). The molecule has 1 fully saturated rings. The van der Waals surface area contributed by atoms with E-state index in [1.54, 1.807) is 0 Å². The van der Waals surface area contributed by atoms with Crippen LogP contribution in [0.5, 0.6) is 0 Å². The predicted molar refractivity (Wildman–Crippen MR) is 86.9 cm³/mol.